The van der Waals surface area contributed by atoms with Gasteiger partial charge in [-0.25, -0.2) is 13.2 Å². The zero-order valence-electron chi connectivity index (χ0n) is 11.8. The molecule has 0 bridgehead atoms. The fraction of sp³-hybridized carbons (Fsp3) is 0.111. The minimum Gasteiger partial charge on any atom is -0.234 e. The maximum Gasteiger partial charge on any atom is 0.179 e. The van der Waals surface area contributed by atoms with Gasteiger partial charge in [-0.1, -0.05) is 36.4 Å². The van der Waals surface area contributed by atoms with Gasteiger partial charge < -0.3 is 0 Å². The van der Waals surface area contributed by atoms with E-state index in [-0.39, 0.29) is 12.2 Å². The molecule has 0 aliphatic carbocycles. The van der Waals surface area contributed by atoms with Gasteiger partial charge in [0, 0.05) is 11.5 Å². The number of benzene rings is 3. The third-order valence-corrected chi connectivity index (χ3v) is 5.46. The first-order valence-electron chi connectivity index (χ1n) is 6.95. The van der Waals surface area contributed by atoms with Gasteiger partial charge in [-0.2, -0.15) is 0 Å². The first kappa shape index (κ1) is 14.5. The molecule has 0 radical (unpaired) electrons. The van der Waals surface area contributed by atoms with E-state index in [1.54, 1.807) is 18.1 Å². The van der Waals surface area contributed by atoms with Crippen LogP contribution in [-0.2, 0) is 14.6 Å². The molecule has 0 fully saturated rings. The molecule has 3 nitrogen and oxygen atoms in total. The summed E-state index contributed by atoms with van der Waals surface area (Å²) in [5, 5.41) is 3.70. The largest absolute Gasteiger partial charge is 0.234 e. The first-order chi connectivity index (χ1) is 10.6. The summed E-state index contributed by atoms with van der Waals surface area (Å²) in [6.07, 6.45) is 1.38. The standard InChI is InChI=1S/C18H14O3S/c19-10-3-4-11-22(20,21)18-9-5-8-16-12-14-6-1-2-7-15(14)13-17(16)18/h1-3,5-9,12-13H,4,11H2. The molecule has 3 aromatic rings. The topological polar surface area (TPSA) is 51.2 Å². The van der Waals surface area contributed by atoms with Gasteiger partial charge in [-0.15, -0.1) is 0 Å². The van der Waals surface area contributed by atoms with Gasteiger partial charge in [0.2, 0.25) is 0 Å². The van der Waals surface area contributed by atoms with Crippen molar-refractivity contribution in [1.82, 2.24) is 0 Å². The van der Waals surface area contributed by atoms with Crippen LogP contribution in [0.5, 0.6) is 0 Å². The van der Waals surface area contributed by atoms with Crippen LogP contribution in [-0.4, -0.2) is 20.1 Å². The zero-order valence-corrected chi connectivity index (χ0v) is 12.6. The molecule has 0 saturated carbocycles. The van der Waals surface area contributed by atoms with Gasteiger partial charge >= 0.3 is 0 Å². The molecule has 0 spiro atoms. The number of carbonyl (C=O) groups excluding carboxylic acids is 1. The summed E-state index contributed by atoms with van der Waals surface area (Å²) in [7, 11) is -3.44. The summed E-state index contributed by atoms with van der Waals surface area (Å²) in [5.41, 5.74) is 0. The number of allylic oxidation sites excluding steroid dienone is 1. The van der Waals surface area contributed by atoms with Crippen LogP contribution in [0.2, 0.25) is 0 Å². The molecule has 0 saturated heterocycles. The SMILES string of the molecule is O=C=CCCS(=O)(=O)c1cccc2cc3ccccc3cc12. The Morgan fingerprint density at radius 3 is 2.32 bits per heavy atom. The second kappa shape index (κ2) is 5.76. The number of hydrogen-bond acceptors (Lipinski definition) is 3. The van der Waals surface area contributed by atoms with Crippen molar-refractivity contribution in [1.29, 1.82) is 0 Å². The smallest absolute Gasteiger partial charge is 0.179 e. The molecule has 22 heavy (non-hydrogen) atoms. The summed E-state index contributed by atoms with van der Waals surface area (Å²) in [6.45, 7) is 0. The molecule has 0 heterocycles. The molecule has 4 heteroatoms. The zero-order chi connectivity index (χ0) is 15.6. The summed E-state index contributed by atoms with van der Waals surface area (Å²) < 4.78 is 25.0. The Labute approximate surface area is 128 Å². The van der Waals surface area contributed by atoms with E-state index >= 15 is 0 Å². The molecule has 0 aromatic heterocycles. The van der Waals surface area contributed by atoms with Crippen LogP contribution in [0.3, 0.4) is 0 Å². The highest BCUT2D eigenvalue weighted by Crippen LogP contribution is 2.28. The summed E-state index contributed by atoms with van der Waals surface area (Å²) in [6, 6.07) is 17.0. The van der Waals surface area contributed by atoms with E-state index in [9.17, 15) is 13.2 Å². The van der Waals surface area contributed by atoms with Crippen molar-refractivity contribution in [2.45, 2.75) is 11.3 Å². The van der Waals surface area contributed by atoms with E-state index in [4.69, 9.17) is 0 Å². The van der Waals surface area contributed by atoms with Crippen molar-refractivity contribution in [3.63, 3.8) is 0 Å². The van der Waals surface area contributed by atoms with E-state index in [2.05, 4.69) is 0 Å². The monoisotopic (exact) mass is 310 g/mol. The number of sulfone groups is 1. The quantitative estimate of drug-likeness (QED) is 0.547. The Balaban J connectivity index is 2.21. The predicted octanol–water partition coefficient (Wildman–Crippen LogP) is 3.54. The molecular weight excluding hydrogens is 296 g/mol. The fourth-order valence-electron chi connectivity index (χ4n) is 2.59. The summed E-state index contributed by atoms with van der Waals surface area (Å²) in [4.78, 5) is 10.5. The highest BCUT2D eigenvalue weighted by molar-refractivity contribution is 7.91. The first-order valence-corrected chi connectivity index (χ1v) is 8.61. The van der Waals surface area contributed by atoms with Crippen molar-refractivity contribution < 1.29 is 13.2 Å². The highest BCUT2D eigenvalue weighted by atomic mass is 32.2. The van der Waals surface area contributed by atoms with Gasteiger partial charge in [0.25, 0.3) is 0 Å². The summed E-state index contributed by atoms with van der Waals surface area (Å²) >= 11 is 0. The van der Waals surface area contributed by atoms with E-state index in [0.29, 0.717) is 4.90 Å². The Morgan fingerprint density at radius 2 is 1.59 bits per heavy atom. The third-order valence-electron chi connectivity index (χ3n) is 3.66. The third kappa shape index (κ3) is 2.67. The van der Waals surface area contributed by atoms with Gasteiger partial charge in [-0.3, -0.25) is 0 Å². The van der Waals surface area contributed by atoms with Crippen molar-refractivity contribution in [3.8, 4) is 0 Å². The molecule has 0 unspecified atom stereocenters. The second-order valence-corrected chi connectivity index (χ2v) is 7.18. The van der Waals surface area contributed by atoms with Crippen LogP contribution in [0.1, 0.15) is 6.42 Å². The average molecular weight is 310 g/mol. The minimum atomic E-state index is -3.44. The van der Waals surface area contributed by atoms with Crippen molar-refractivity contribution in [3.05, 3.63) is 60.7 Å². The molecule has 0 aliphatic heterocycles. The van der Waals surface area contributed by atoms with E-state index < -0.39 is 9.84 Å². The van der Waals surface area contributed by atoms with Crippen molar-refractivity contribution in [2.75, 3.05) is 5.75 Å². The maximum atomic E-state index is 12.5. The van der Waals surface area contributed by atoms with Crippen LogP contribution < -0.4 is 0 Å². The van der Waals surface area contributed by atoms with Crippen LogP contribution in [0, 0.1) is 0 Å². The molecule has 110 valence electrons. The number of fused-ring (bicyclic) bond motifs is 2. The van der Waals surface area contributed by atoms with Crippen LogP contribution in [0.15, 0.2) is 65.6 Å². The Morgan fingerprint density at radius 1 is 0.909 bits per heavy atom. The number of rotatable bonds is 4. The summed E-state index contributed by atoms with van der Waals surface area (Å²) in [5.74, 6) is 1.52. The minimum absolute atomic E-state index is 0.0891. The van der Waals surface area contributed by atoms with Gasteiger partial charge in [0.05, 0.1) is 10.6 Å². The van der Waals surface area contributed by atoms with Crippen molar-refractivity contribution in [2.24, 2.45) is 0 Å². The molecule has 0 atom stereocenters. The second-order valence-electron chi connectivity index (χ2n) is 5.11. The Bertz CT molecular complexity index is 997. The molecule has 0 aliphatic rings. The van der Waals surface area contributed by atoms with E-state index in [1.165, 1.54) is 6.08 Å². The van der Waals surface area contributed by atoms with Gasteiger partial charge in [0.15, 0.2) is 9.84 Å². The molecule has 0 amide bonds. The van der Waals surface area contributed by atoms with Crippen LogP contribution in [0.25, 0.3) is 21.5 Å². The predicted molar refractivity (Wildman–Crippen MR) is 88.4 cm³/mol. The lowest BCUT2D eigenvalue weighted by molar-refractivity contribution is 0.568. The van der Waals surface area contributed by atoms with E-state index in [0.717, 1.165) is 21.5 Å². The molecule has 3 aromatic carbocycles. The van der Waals surface area contributed by atoms with Crippen LogP contribution >= 0.6 is 0 Å². The maximum absolute atomic E-state index is 12.5. The molecule has 0 N–H and O–H groups in total. The normalized spacial score (nSPS) is 11.5. The van der Waals surface area contributed by atoms with Crippen molar-refractivity contribution >= 4 is 37.3 Å². The van der Waals surface area contributed by atoms with E-state index in [1.807, 2.05) is 42.5 Å². The Kier molecular flexibility index (Phi) is 3.80. The average Bonchev–Trinajstić information content (AvgIpc) is 2.52. The Hall–Kier alpha value is -2.42. The fourth-order valence-corrected chi connectivity index (χ4v) is 4.04. The van der Waals surface area contributed by atoms with Gasteiger partial charge in [-0.05, 0) is 40.8 Å². The number of hydrogen-bond donors (Lipinski definition) is 0. The lowest BCUT2D eigenvalue weighted by Gasteiger charge is -2.09. The molecule has 3 rings (SSSR count). The molecular formula is C18H14O3S. The van der Waals surface area contributed by atoms with Gasteiger partial charge in [0.1, 0.15) is 5.94 Å². The van der Waals surface area contributed by atoms with Crippen LogP contribution in [0.4, 0.5) is 0 Å². The highest BCUT2D eigenvalue weighted by Gasteiger charge is 2.17. The lowest BCUT2D eigenvalue weighted by atomic mass is 10.0. The lowest BCUT2D eigenvalue weighted by Crippen LogP contribution is -2.06.